The number of aromatic nitrogens is 3. The number of hydrogen-bond acceptors (Lipinski definition) is 4. The van der Waals surface area contributed by atoms with Crippen LogP contribution < -0.4 is 10.1 Å². The standard InChI is InChI=1S/C15H22N4O/c1-4-6-20-13-7-12(8-16-9-13)15(18-5-2)14-10-17-11-19(14)3/h7-11,15,18H,4-6H2,1-3H3. The lowest BCUT2D eigenvalue weighted by atomic mass is 10.1. The van der Waals surface area contributed by atoms with Crippen LogP contribution in [0.2, 0.25) is 0 Å². The first-order chi connectivity index (χ1) is 9.76. The van der Waals surface area contributed by atoms with Gasteiger partial charge in [-0.15, -0.1) is 0 Å². The summed E-state index contributed by atoms with van der Waals surface area (Å²) in [5, 5.41) is 3.47. The molecule has 0 bridgehead atoms. The Morgan fingerprint density at radius 2 is 2.10 bits per heavy atom. The third-order valence-electron chi connectivity index (χ3n) is 3.10. The van der Waals surface area contributed by atoms with Gasteiger partial charge in [-0.2, -0.15) is 0 Å². The Bertz CT molecular complexity index is 538. The zero-order valence-corrected chi connectivity index (χ0v) is 12.3. The molecule has 0 aliphatic heterocycles. The fraction of sp³-hybridized carbons (Fsp3) is 0.467. The van der Waals surface area contributed by atoms with Gasteiger partial charge in [0.2, 0.25) is 0 Å². The van der Waals surface area contributed by atoms with Crippen LogP contribution in [0, 0.1) is 0 Å². The van der Waals surface area contributed by atoms with E-state index in [0.717, 1.165) is 30.0 Å². The molecule has 0 amide bonds. The first kappa shape index (κ1) is 14.5. The maximum absolute atomic E-state index is 5.66. The predicted octanol–water partition coefficient (Wildman–Crippen LogP) is 2.30. The van der Waals surface area contributed by atoms with Crippen molar-refractivity contribution in [2.24, 2.45) is 7.05 Å². The van der Waals surface area contributed by atoms with Crippen molar-refractivity contribution in [3.05, 3.63) is 42.2 Å². The molecule has 0 aliphatic rings. The molecule has 1 N–H and O–H groups in total. The van der Waals surface area contributed by atoms with Gasteiger partial charge in [0.25, 0.3) is 0 Å². The highest BCUT2D eigenvalue weighted by atomic mass is 16.5. The van der Waals surface area contributed by atoms with Crippen molar-refractivity contribution in [3.8, 4) is 5.75 Å². The molecule has 0 aromatic carbocycles. The minimum absolute atomic E-state index is 0.0742. The van der Waals surface area contributed by atoms with Crippen molar-refractivity contribution in [1.29, 1.82) is 0 Å². The van der Waals surface area contributed by atoms with E-state index in [1.54, 1.807) is 6.20 Å². The number of pyridine rings is 1. The van der Waals surface area contributed by atoms with Gasteiger partial charge >= 0.3 is 0 Å². The SMILES string of the molecule is CCCOc1cncc(C(NCC)c2cncn2C)c1. The van der Waals surface area contributed by atoms with Crippen LogP contribution in [0.3, 0.4) is 0 Å². The van der Waals surface area contributed by atoms with Gasteiger partial charge in [0.05, 0.1) is 37.1 Å². The van der Waals surface area contributed by atoms with Crippen LogP contribution in [-0.2, 0) is 7.05 Å². The second-order valence-corrected chi connectivity index (χ2v) is 4.72. The summed E-state index contributed by atoms with van der Waals surface area (Å²) in [5.74, 6) is 0.814. The van der Waals surface area contributed by atoms with Crippen LogP contribution in [0.25, 0.3) is 0 Å². The van der Waals surface area contributed by atoms with E-state index in [1.807, 2.05) is 36.4 Å². The van der Waals surface area contributed by atoms with E-state index in [4.69, 9.17) is 4.74 Å². The van der Waals surface area contributed by atoms with Crippen molar-refractivity contribution < 1.29 is 4.74 Å². The zero-order valence-electron chi connectivity index (χ0n) is 12.3. The average Bonchev–Trinajstić information content (AvgIpc) is 2.89. The van der Waals surface area contributed by atoms with Crippen LogP contribution in [0.15, 0.2) is 31.0 Å². The Labute approximate surface area is 120 Å². The number of rotatable bonds is 7. The molecule has 0 saturated carbocycles. The van der Waals surface area contributed by atoms with Gasteiger partial charge in [-0.25, -0.2) is 4.98 Å². The Morgan fingerprint density at radius 1 is 1.25 bits per heavy atom. The molecule has 0 aliphatic carbocycles. The van der Waals surface area contributed by atoms with E-state index < -0.39 is 0 Å². The van der Waals surface area contributed by atoms with Crippen molar-refractivity contribution in [2.75, 3.05) is 13.2 Å². The van der Waals surface area contributed by atoms with E-state index in [1.165, 1.54) is 0 Å². The Balaban J connectivity index is 2.27. The first-order valence-corrected chi connectivity index (χ1v) is 7.03. The highest BCUT2D eigenvalue weighted by Crippen LogP contribution is 2.23. The smallest absolute Gasteiger partial charge is 0.137 e. The van der Waals surface area contributed by atoms with Crippen LogP contribution in [0.4, 0.5) is 0 Å². The summed E-state index contributed by atoms with van der Waals surface area (Å²) < 4.78 is 7.68. The molecule has 2 rings (SSSR count). The summed E-state index contributed by atoms with van der Waals surface area (Å²) in [6.07, 6.45) is 8.31. The molecule has 5 heteroatoms. The quantitative estimate of drug-likeness (QED) is 0.841. The van der Waals surface area contributed by atoms with Gasteiger partial charge < -0.3 is 14.6 Å². The second kappa shape index (κ2) is 7.05. The summed E-state index contributed by atoms with van der Waals surface area (Å²) in [6, 6.07) is 2.12. The third kappa shape index (κ3) is 3.36. The molecule has 2 aromatic rings. The van der Waals surface area contributed by atoms with E-state index in [9.17, 15) is 0 Å². The molecule has 1 unspecified atom stereocenters. The highest BCUT2D eigenvalue weighted by Gasteiger charge is 2.17. The van der Waals surface area contributed by atoms with E-state index in [2.05, 4.69) is 29.1 Å². The summed E-state index contributed by atoms with van der Waals surface area (Å²) in [7, 11) is 2.00. The number of imidazole rings is 1. The zero-order chi connectivity index (χ0) is 14.4. The largest absolute Gasteiger partial charge is 0.492 e. The summed E-state index contributed by atoms with van der Waals surface area (Å²) in [4.78, 5) is 8.48. The topological polar surface area (TPSA) is 52.0 Å². The van der Waals surface area contributed by atoms with Gasteiger partial charge in [-0.1, -0.05) is 13.8 Å². The predicted molar refractivity (Wildman–Crippen MR) is 78.8 cm³/mol. The fourth-order valence-corrected chi connectivity index (χ4v) is 2.14. The molecule has 0 radical (unpaired) electrons. The molecule has 1 atom stereocenters. The van der Waals surface area contributed by atoms with Gasteiger partial charge in [0, 0.05) is 13.2 Å². The van der Waals surface area contributed by atoms with E-state index >= 15 is 0 Å². The van der Waals surface area contributed by atoms with Crippen LogP contribution >= 0.6 is 0 Å². The van der Waals surface area contributed by atoms with Crippen LogP contribution in [0.1, 0.15) is 37.6 Å². The van der Waals surface area contributed by atoms with Crippen molar-refractivity contribution >= 4 is 0 Å². The summed E-state index contributed by atoms with van der Waals surface area (Å²) in [6.45, 7) is 5.77. The van der Waals surface area contributed by atoms with Crippen molar-refractivity contribution in [1.82, 2.24) is 19.9 Å². The van der Waals surface area contributed by atoms with Crippen molar-refractivity contribution in [2.45, 2.75) is 26.3 Å². The Kier molecular flexibility index (Phi) is 5.12. The summed E-state index contributed by atoms with van der Waals surface area (Å²) >= 11 is 0. The number of aryl methyl sites for hydroxylation is 1. The van der Waals surface area contributed by atoms with E-state index in [-0.39, 0.29) is 6.04 Å². The van der Waals surface area contributed by atoms with Gasteiger partial charge in [0.1, 0.15) is 5.75 Å². The lowest BCUT2D eigenvalue weighted by molar-refractivity contribution is 0.315. The number of nitrogens with one attached hydrogen (secondary N) is 1. The molecule has 2 aromatic heterocycles. The molecular formula is C15H22N4O. The van der Waals surface area contributed by atoms with Crippen LogP contribution in [0.5, 0.6) is 5.75 Å². The monoisotopic (exact) mass is 274 g/mol. The van der Waals surface area contributed by atoms with E-state index in [0.29, 0.717) is 6.61 Å². The third-order valence-corrected chi connectivity index (χ3v) is 3.10. The van der Waals surface area contributed by atoms with Gasteiger partial charge in [0.15, 0.2) is 0 Å². The van der Waals surface area contributed by atoms with Crippen LogP contribution in [-0.4, -0.2) is 27.7 Å². The summed E-state index contributed by atoms with van der Waals surface area (Å²) in [5.41, 5.74) is 2.20. The Morgan fingerprint density at radius 3 is 2.75 bits per heavy atom. The molecule has 0 saturated heterocycles. The number of hydrogen-bond donors (Lipinski definition) is 1. The molecule has 5 nitrogen and oxygen atoms in total. The lowest BCUT2D eigenvalue weighted by Crippen LogP contribution is -2.24. The molecule has 2 heterocycles. The maximum atomic E-state index is 5.66. The molecular weight excluding hydrogens is 252 g/mol. The maximum Gasteiger partial charge on any atom is 0.137 e. The lowest BCUT2D eigenvalue weighted by Gasteiger charge is -2.19. The molecule has 108 valence electrons. The second-order valence-electron chi connectivity index (χ2n) is 4.72. The average molecular weight is 274 g/mol. The normalized spacial score (nSPS) is 12.3. The fourth-order valence-electron chi connectivity index (χ4n) is 2.14. The Hall–Kier alpha value is -1.88. The van der Waals surface area contributed by atoms with Gasteiger partial charge in [-0.05, 0) is 24.6 Å². The highest BCUT2D eigenvalue weighted by molar-refractivity contribution is 5.31. The minimum atomic E-state index is 0.0742. The molecule has 20 heavy (non-hydrogen) atoms. The van der Waals surface area contributed by atoms with Crippen molar-refractivity contribution in [3.63, 3.8) is 0 Å². The molecule has 0 spiro atoms. The first-order valence-electron chi connectivity index (χ1n) is 7.03. The molecule has 0 fully saturated rings. The van der Waals surface area contributed by atoms with Gasteiger partial charge in [-0.3, -0.25) is 4.98 Å². The minimum Gasteiger partial charge on any atom is -0.492 e. The number of nitrogens with zero attached hydrogens (tertiary/aromatic N) is 3. The number of ether oxygens (including phenoxy) is 1.